The van der Waals surface area contributed by atoms with Crippen molar-refractivity contribution in [1.29, 1.82) is 0 Å². The summed E-state index contributed by atoms with van der Waals surface area (Å²) in [4.78, 5) is 13.5. The molecule has 7 heteroatoms. The minimum absolute atomic E-state index is 0.596. The highest BCUT2D eigenvalue weighted by atomic mass is 35.5. The van der Waals surface area contributed by atoms with Gasteiger partial charge in [0.2, 0.25) is 11.7 Å². The smallest absolute Gasteiger partial charge is 0.241 e. The monoisotopic (exact) mass is 355 g/mol. The zero-order valence-electron chi connectivity index (χ0n) is 13.7. The van der Waals surface area contributed by atoms with Gasteiger partial charge in [-0.25, -0.2) is 4.98 Å². The number of rotatable bonds is 4. The van der Waals surface area contributed by atoms with Crippen LogP contribution in [0.15, 0.2) is 53.2 Å². The molecule has 25 heavy (non-hydrogen) atoms. The van der Waals surface area contributed by atoms with Crippen LogP contribution in [0.4, 0.5) is 5.82 Å². The highest BCUT2D eigenvalue weighted by Gasteiger charge is 2.20. The first-order chi connectivity index (χ1) is 12.3. The van der Waals surface area contributed by atoms with Gasteiger partial charge < -0.3 is 9.42 Å². The molecule has 1 aliphatic heterocycles. The summed E-state index contributed by atoms with van der Waals surface area (Å²) in [5, 5.41) is 4.76. The van der Waals surface area contributed by atoms with Crippen molar-refractivity contribution in [3.63, 3.8) is 0 Å². The molecule has 3 heterocycles. The Kier molecular flexibility index (Phi) is 4.63. The van der Waals surface area contributed by atoms with Crippen molar-refractivity contribution in [2.75, 3.05) is 31.1 Å². The lowest BCUT2D eigenvalue weighted by Crippen LogP contribution is -2.46. The molecular weight excluding hydrogens is 338 g/mol. The van der Waals surface area contributed by atoms with Gasteiger partial charge in [-0.2, -0.15) is 4.98 Å². The van der Waals surface area contributed by atoms with Gasteiger partial charge in [-0.1, -0.05) is 22.8 Å². The molecule has 0 unspecified atom stereocenters. The summed E-state index contributed by atoms with van der Waals surface area (Å²) >= 11 is 5.91. The van der Waals surface area contributed by atoms with Crippen molar-refractivity contribution in [1.82, 2.24) is 20.0 Å². The number of halogens is 1. The maximum Gasteiger partial charge on any atom is 0.241 e. The molecule has 0 radical (unpaired) electrons. The third-order valence-electron chi connectivity index (χ3n) is 4.27. The number of aromatic nitrogens is 3. The molecule has 1 fully saturated rings. The van der Waals surface area contributed by atoms with Gasteiger partial charge in [-0.15, -0.1) is 0 Å². The van der Waals surface area contributed by atoms with Crippen LogP contribution >= 0.6 is 11.6 Å². The van der Waals surface area contributed by atoms with Gasteiger partial charge in [0.25, 0.3) is 0 Å². The fourth-order valence-corrected chi connectivity index (χ4v) is 3.03. The predicted octanol–water partition coefficient (Wildman–Crippen LogP) is 3.11. The van der Waals surface area contributed by atoms with E-state index >= 15 is 0 Å². The first kappa shape index (κ1) is 16.1. The molecule has 1 aromatic carbocycles. The second kappa shape index (κ2) is 7.21. The Labute approximate surface area is 151 Å². The zero-order chi connectivity index (χ0) is 17.1. The van der Waals surface area contributed by atoms with E-state index in [4.69, 9.17) is 16.1 Å². The summed E-state index contributed by atoms with van der Waals surface area (Å²) < 4.78 is 5.40. The van der Waals surface area contributed by atoms with E-state index in [1.54, 1.807) is 0 Å². The minimum atomic E-state index is 0.596. The highest BCUT2D eigenvalue weighted by Crippen LogP contribution is 2.19. The van der Waals surface area contributed by atoms with Crippen LogP contribution in [-0.4, -0.2) is 46.2 Å². The Morgan fingerprint density at radius 1 is 1.00 bits per heavy atom. The van der Waals surface area contributed by atoms with Crippen LogP contribution in [0.5, 0.6) is 0 Å². The molecule has 0 amide bonds. The van der Waals surface area contributed by atoms with Gasteiger partial charge in [0, 0.05) is 43.0 Å². The summed E-state index contributed by atoms with van der Waals surface area (Å²) in [6.07, 6.45) is 1.83. The zero-order valence-corrected chi connectivity index (χ0v) is 14.4. The molecule has 1 saturated heterocycles. The van der Waals surface area contributed by atoms with Crippen LogP contribution in [0, 0.1) is 0 Å². The molecule has 4 rings (SSSR count). The first-order valence-electron chi connectivity index (χ1n) is 8.25. The lowest BCUT2D eigenvalue weighted by molar-refractivity contribution is 0.215. The standard InChI is InChI=1S/C18H18ClN5O/c19-15-6-4-14(5-7-15)18-21-17(25-22-18)13-23-9-11-24(12-10-23)16-3-1-2-8-20-16/h1-8H,9-13H2. The third-order valence-corrected chi connectivity index (χ3v) is 4.53. The summed E-state index contributed by atoms with van der Waals surface area (Å²) in [5.41, 5.74) is 0.902. The number of hydrogen-bond donors (Lipinski definition) is 0. The average molecular weight is 356 g/mol. The molecule has 128 valence electrons. The molecule has 6 nitrogen and oxygen atoms in total. The second-order valence-electron chi connectivity index (χ2n) is 5.97. The number of piperazine rings is 1. The van der Waals surface area contributed by atoms with Crippen LogP contribution in [0.3, 0.4) is 0 Å². The Hall–Kier alpha value is -2.44. The van der Waals surface area contributed by atoms with E-state index in [2.05, 4.69) is 24.9 Å². The van der Waals surface area contributed by atoms with Gasteiger partial charge in [-0.3, -0.25) is 4.90 Å². The number of nitrogens with zero attached hydrogens (tertiary/aromatic N) is 5. The Bertz CT molecular complexity index is 813. The Balaban J connectivity index is 1.35. The fraction of sp³-hybridized carbons (Fsp3) is 0.278. The van der Waals surface area contributed by atoms with E-state index in [0.29, 0.717) is 23.3 Å². The predicted molar refractivity (Wildman–Crippen MR) is 96.5 cm³/mol. The highest BCUT2D eigenvalue weighted by molar-refractivity contribution is 6.30. The fourth-order valence-electron chi connectivity index (χ4n) is 2.90. The van der Waals surface area contributed by atoms with Crippen LogP contribution in [0.25, 0.3) is 11.4 Å². The molecule has 1 aliphatic rings. The number of benzene rings is 1. The van der Waals surface area contributed by atoms with Crippen molar-refractivity contribution in [3.05, 3.63) is 59.6 Å². The first-order valence-corrected chi connectivity index (χ1v) is 8.62. The van der Waals surface area contributed by atoms with Gasteiger partial charge in [0.1, 0.15) is 5.82 Å². The second-order valence-corrected chi connectivity index (χ2v) is 6.41. The van der Waals surface area contributed by atoms with E-state index in [0.717, 1.165) is 37.6 Å². The minimum Gasteiger partial charge on any atom is -0.354 e. The number of anilines is 1. The lowest BCUT2D eigenvalue weighted by atomic mass is 10.2. The largest absolute Gasteiger partial charge is 0.354 e. The van der Waals surface area contributed by atoms with Crippen molar-refractivity contribution < 1.29 is 4.52 Å². The quantitative estimate of drug-likeness (QED) is 0.716. The van der Waals surface area contributed by atoms with Crippen LogP contribution in [0.2, 0.25) is 5.02 Å². The van der Waals surface area contributed by atoms with Crippen molar-refractivity contribution in [2.24, 2.45) is 0 Å². The molecular formula is C18H18ClN5O. The molecule has 0 spiro atoms. The lowest BCUT2D eigenvalue weighted by Gasteiger charge is -2.34. The number of pyridine rings is 1. The van der Waals surface area contributed by atoms with Crippen molar-refractivity contribution in [2.45, 2.75) is 6.54 Å². The normalized spacial score (nSPS) is 15.5. The van der Waals surface area contributed by atoms with Crippen molar-refractivity contribution >= 4 is 17.4 Å². The van der Waals surface area contributed by atoms with Crippen LogP contribution < -0.4 is 4.90 Å². The summed E-state index contributed by atoms with van der Waals surface area (Å²) in [6, 6.07) is 13.4. The molecule has 2 aromatic heterocycles. The summed E-state index contributed by atoms with van der Waals surface area (Å²) in [7, 11) is 0. The molecule has 0 atom stereocenters. The van der Waals surface area contributed by atoms with Gasteiger partial charge in [0.15, 0.2) is 0 Å². The molecule has 0 aliphatic carbocycles. The van der Waals surface area contributed by atoms with E-state index in [1.165, 1.54) is 0 Å². The maximum absolute atomic E-state index is 5.91. The third kappa shape index (κ3) is 3.81. The maximum atomic E-state index is 5.91. The summed E-state index contributed by atoms with van der Waals surface area (Å²) in [6.45, 7) is 4.42. The molecule has 0 N–H and O–H groups in total. The Morgan fingerprint density at radius 2 is 1.80 bits per heavy atom. The van der Waals surface area contributed by atoms with Gasteiger partial charge >= 0.3 is 0 Å². The Morgan fingerprint density at radius 3 is 2.52 bits per heavy atom. The molecule has 0 bridgehead atoms. The number of hydrogen-bond acceptors (Lipinski definition) is 6. The van der Waals surface area contributed by atoms with Gasteiger partial charge in [-0.05, 0) is 36.4 Å². The van der Waals surface area contributed by atoms with E-state index in [9.17, 15) is 0 Å². The average Bonchev–Trinajstić information content (AvgIpc) is 3.12. The summed E-state index contributed by atoms with van der Waals surface area (Å²) in [5.74, 6) is 2.26. The van der Waals surface area contributed by atoms with Crippen molar-refractivity contribution in [3.8, 4) is 11.4 Å². The SMILES string of the molecule is Clc1ccc(-c2noc(CN3CCN(c4ccccn4)CC3)n2)cc1. The van der Waals surface area contributed by atoms with E-state index in [1.807, 2.05) is 48.7 Å². The van der Waals surface area contributed by atoms with Crippen LogP contribution in [-0.2, 0) is 6.54 Å². The van der Waals surface area contributed by atoms with E-state index in [-0.39, 0.29) is 0 Å². The van der Waals surface area contributed by atoms with Crippen LogP contribution in [0.1, 0.15) is 5.89 Å². The topological polar surface area (TPSA) is 58.3 Å². The molecule has 3 aromatic rings. The molecule has 0 saturated carbocycles. The van der Waals surface area contributed by atoms with E-state index < -0.39 is 0 Å². The van der Waals surface area contributed by atoms with Gasteiger partial charge in [0.05, 0.1) is 6.54 Å².